The summed E-state index contributed by atoms with van der Waals surface area (Å²) in [5.74, 6) is -0.255. The first kappa shape index (κ1) is 21.0. The van der Waals surface area contributed by atoms with Crippen molar-refractivity contribution in [3.63, 3.8) is 0 Å². The molecule has 1 heterocycles. The van der Waals surface area contributed by atoms with Gasteiger partial charge in [-0.1, -0.05) is 24.3 Å². The molecule has 0 bridgehead atoms. The van der Waals surface area contributed by atoms with E-state index in [0.29, 0.717) is 17.0 Å². The Hall–Kier alpha value is -3.68. The van der Waals surface area contributed by atoms with E-state index in [9.17, 15) is 14.4 Å². The van der Waals surface area contributed by atoms with Crippen molar-refractivity contribution in [3.8, 4) is 5.69 Å². The highest BCUT2D eigenvalue weighted by atomic mass is 16.6. The number of para-hydroxylation sites is 1. The minimum atomic E-state index is -0.696. The van der Waals surface area contributed by atoms with Gasteiger partial charge in [0.25, 0.3) is 5.56 Å². The summed E-state index contributed by atoms with van der Waals surface area (Å²) in [7, 11) is 0. The Balaban J connectivity index is 2.04. The number of carbonyl (C=O) groups is 2. The number of carbonyl (C=O) groups excluding carboxylic acids is 2. The second kappa shape index (κ2) is 8.36. The molecule has 0 aliphatic rings. The van der Waals surface area contributed by atoms with Gasteiger partial charge in [0, 0.05) is 13.0 Å². The minimum Gasteiger partial charge on any atom is -0.444 e. The van der Waals surface area contributed by atoms with E-state index in [1.165, 1.54) is 10.6 Å². The molecule has 0 aliphatic heterocycles. The summed E-state index contributed by atoms with van der Waals surface area (Å²) >= 11 is 0. The highest BCUT2D eigenvalue weighted by Crippen LogP contribution is 2.17. The summed E-state index contributed by atoms with van der Waals surface area (Å²) in [4.78, 5) is 41.7. The maximum atomic E-state index is 13.4. The van der Waals surface area contributed by atoms with Crippen LogP contribution in [0.3, 0.4) is 0 Å². The summed E-state index contributed by atoms with van der Waals surface area (Å²) < 4.78 is 6.67. The van der Waals surface area contributed by atoms with Crippen molar-refractivity contribution < 1.29 is 14.3 Å². The first-order chi connectivity index (χ1) is 14.2. The number of rotatable bonds is 5. The van der Waals surface area contributed by atoms with Crippen molar-refractivity contribution in [2.45, 2.75) is 32.8 Å². The molecule has 0 fully saturated rings. The first-order valence-electron chi connectivity index (χ1n) is 9.54. The van der Waals surface area contributed by atoms with Gasteiger partial charge >= 0.3 is 6.09 Å². The fourth-order valence-electron chi connectivity index (χ4n) is 3.08. The van der Waals surface area contributed by atoms with Gasteiger partial charge in [0.2, 0.25) is 5.91 Å². The van der Waals surface area contributed by atoms with Gasteiger partial charge in [-0.05, 0) is 45.0 Å². The lowest BCUT2D eigenvalue weighted by atomic mass is 10.1. The number of primary amides is 1. The molecule has 2 aromatic carbocycles. The Morgan fingerprint density at radius 2 is 1.80 bits per heavy atom. The maximum absolute atomic E-state index is 13.4. The Bertz CT molecular complexity index is 1150. The molecule has 0 unspecified atom stereocenters. The van der Waals surface area contributed by atoms with E-state index < -0.39 is 23.2 Å². The molecule has 0 spiro atoms. The predicted molar refractivity (Wildman–Crippen MR) is 114 cm³/mol. The van der Waals surface area contributed by atoms with Crippen LogP contribution in [-0.2, 0) is 11.2 Å². The van der Waals surface area contributed by atoms with Gasteiger partial charge in [-0.3, -0.25) is 14.2 Å². The SMILES string of the molecule is CC(C)(C)OC(=O)NCCc1nc2cccc(C(N)=O)c2c(=O)n1-c1ccccc1. The van der Waals surface area contributed by atoms with Gasteiger partial charge in [0.15, 0.2) is 0 Å². The molecule has 0 saturated heterocycles. The number of amides is 2. The van der Waals surface area contributed by atoms with Crippen LogP contribution in [0.4, 0.5) is 4.79 Å². The van der Waals surface area contributed by atoms with E-state index >= 15 is 0 Å². The molecule has 0 radical (unpaired) electrons. The summed E-state index contributed by atoms with van der Waals surface area (Å²) in [6, 6.07) is 13.8. The van der Waals surface area contributed by atoms with Gasteiger partial charge < -0.3 is 15.8 Å². The molecule has 0 saturated carbocycles. The summed E-state index contributed by atoms with van der Waals surface area (Å²) in [5, 5.41) is 2.84. The quantitative estimate of drug-likeness (QED) is 0.673. The van der Waals surface area contributed by atoms with E-state index in [0.717, 1.165) is 0 Å². The second-order valence-corrected chi connectivity index (χ2v) is 7.75. The number of hydrogen-bond acceptors (Lipinski definition) is 5. The molecular weight excluding hydrogens is 384 g/mol. The van der Waals surface area contributed by atoms with Crippen LogP contribution in [0.5, 0.6) is 0 Å². The fraction of sp³-hybridized carbons (Fsp3) is 0.273. The highest BCUT2D eigenvalue weighted by Gasteiger charge is 2.19. The summed E-state index contributed by atoms with van der Waals surface area (Å²) in [6.07, 6.45) is -0.270. The van der Waals surface area contributed by atoms with Crippen LogP contribution in [-0.4, -0.2) is 33.7 Å². The molecule has 30 heavy (non-hydrogen) atoms. The largest absolute Gasteiger partial charge is 0.444 e. The van der Waals surface area contributed by atoms with Crippen LogP contribution in [0.25, 0.3) is 16.6 Å². The number of ether oxygens (including phenoxy) is 1. The van der Waals surface area contributed by atoms with Gasteiger partial charge in [-0.25, -0.2) is 9.78 Å². The average Bonchev–Trinajstić information content (AvgIpc) is 2.67. The zero-order valence-electron chi connectivity index (χ0n) is 17.1. The Labute approximate surface area is 173 Å². The number of hydrogen-bond donors (Lipinski definition) is 2. The molecule has 3 rings (SSSR count). The van der Waals surface area contributed by atoms with Gasteiger partial charge in [-0.2, -0.15) is 0 Å². The summed E-state index contributed by atoms with van der Waals surface area (Å²) in [6.45, 7) is 5.55. The maximum Gasteiger partial charge on any atom is 0.407 e. The van der Waals surface area contributed by atoms with E-state index in [2.05, 4.69) is 10.3 Å². The number of nitrogens with one attached hydrogen (secondary N) is 1. The van der Waals surface area contributed by atoms with E-state index in [1.807, 2.05) is 6.07 Å². The predicted octanol–water partition coefficient (Wildman–Crippen LogP) is 2.55. The van der Waals surface area contributed by atoms with Crippen LogP contribution < -0.4 is 16.6 Å². The van der Waals surface area contributed by atoms with Crippen molar-refractivity contribution >= 4 is 22.9 Å². The minimum absolute atomic E-state index is 0.119. The molecule has 3 aromatic rings. The van der Waals surface area contributed by atoms with Crippen LogP contribution >= 0.6 is 0 Å². The molecule has 2 amide bonds. The zero-order chi connectivity index (χ0) is 21.9. The van der Waals surface area contributed by atoms with Crippen molar-refractivity contribution in [1.29, 1.82) is 0 Å². The molecule has 0 aliphatic carbocycles. The summed E-state index contributed by atoms with van der Waals surface area (Å²) in [5.41, 5.74) is 5.55. The van der Waals surface area contributed by atoms with Crippen molar-refractivity contribution in [3.05, 3.63) is 70.3 Å². The van der Waals surface area contributed by atoms with E-state index in [-0.39, 0.29) is 23.9 Å². The number of alkyl carbamates (subject to hydrolysis) is 1. The average molecular weight is 408 g/mol. The molecule has 8 nitrogen and oxygen atoms in total. The molecule has 3 N–H and O–H groups in total. The molecule has 156 valence electrons. The lowest BCUT2D eigenvalue weighted by molar-refractivity contribution is 0.0528. The smallest absolute Gasteiger partial charge is 0.407 e. The Morgan fingerprint density at radius 1 is 1.10 bits per heavy atom. The second-order valence-electron chi connectivity index (χ2n) is 7.75. The van der Waals surface area contributed by atoms with Crippen LogP contribution in [0.1, 0.15) is 37.0 Å². The third kappa shape index (κ3) is 4.65. The fourth-order valence-corrected chi connectivity index (χ4v) is 3.08. The molecule has 0 atom stereocenters. The number of fused-ring (bicyclic) bond motifs is 1. The highest BCUT2D eigenvalue weighted by molar-refractivity contribution is 6.05. The Kier molecular flexibility index (Phi) is 5.86. The normalized spacial score (nSPS) is 11.3. The third-order valence-electron chi connectivity index (χ3n) is 4.26. The number of benzene rings is 2. The lowest BCUT2D eigenvalue weighted by Gasteiger charge is -2.20. The van der Waals surface area contributed by atoms with Gasteiger partial charge in [0.1, 0.15) is 11.4 Å². The van der Waals surface area contributed by atoms with E-state index in [4.69, 9.17) is 10.5 Å². The number of nitrogens with zero attached hydrogens (tertiary/aromatic N) is 2. The third-order valence-corrected chi connectivity index (χ3v) is 4.26. The monoisotopic (exact) mass is 408 g/mol. The van der Waals surface area contributed by atoms with Crippen molar-refractivity contribution in [1.82, 2.24) is 14.9 Å². The topological polar surface area (TPSA) is 116 Å². The zero-order valence-corrected chi connectivity index (χ0v) is 17.1. The Morgan fingerprint density at radius 3 is 2.43 bits per heavy atom. The van der Waals surface area contributed by atoms with Crippen LogP contribution in [0.2, 0.25) is 0 Å². The number of aromatic nitrogens is 2. The van der Waals surface area contributed by atoms with E-state index in [1.54, 1.807) is 57.2 Å². The van der Waals surface area contributed by atoms with Crippen molar-refractivity contribution in [2.75, 3.05) is 6.54 Å². The van der Waals surface area contributed by atoms with Gasteiger partial charge in [-0.15, -0.1) is 0 Å². The van der Waals surface area contributed by atoms with Gasteiger partial charge in [0.05, 0.1) is 22.2 Å². The molecular formula is C22H24N4O4. The lowest BCUT2D eigenvalue weighted by Crippen LogP contribution is -2.34. The number of nitrogens with two attached hydrogens (primary N) is 1. The first-order valence-corrected chi connectivity index (χ1v) is 9.54. The van der Waals surface area contributed by atoms with Crippen LogP contribution in [0.15, 0.2) is 53.3 Å². The van der Waals surface area contributed by atoms with Crippen LogP contribution in [0, 0.1) is 0 Å². The molecule has 8 heteroatoms. The standard InChI is InChI=1S/C22H24N4O4/c1-22(2,3)30-21(29)24-13-12-17-25-16-11-7-10-15(19(23)27)18(16)20(28)26(17)14-8-5-4-6-9-14/h4-11H,12-13H2,1-3H3,(H2,23,27)(H,24,29). The van der Waals surface area contributed by atoms with Crippen molar-refractivity contribution in [2.24, 2.45) is 5.73 Å². The molecule has 1 aromatic heterocycles.